The summed E-state index contributed by atoms with van der Waals surface area (Å²) in [6.07, 6.45) is 2.87. The van der Waals surface area contributed by atoms with E-state index in [2.05, 4.69) is 22.1 Å². The first kappa shape index (κ1) is 26.5. The van der Waals surface area contributed by atoms with Crippen LogP contribution in [-0.2, 0) is 22.6 Å². The number of nitrogens with zero attached hydrogens (tertiary/aromatic N) is 2. The molecule has 2 fully saturated rings. The van der Waals surface area contributed by atoms with Crippen LogP contribution in [0.5, 0.6) is 0 Å². The minimum Gasteiger partial charge on any atom is -0.392 e. The first-order valence-electron chi connectivity index (χ1n) is 13.2. The van der Waals surface area contributed by atoms with Crippen molar-refractivity contribution >= 4 is 5.91 Å². The van der Waals surface area contributed by atoms with Crippen LogP contribution in [0.1, 0.15) is 58.4 Å². The maximum atomic E-state index is 12.3. The molecule has 3 heterocycles. The number of nitrogens with one attached hydrogen (secondary N) is 1. The molecule has 0 spiro atoms. The van der Waals surface area contributed by atoms with Crippen LogP contribution in [0.4, 0.5) is 0 Å². The maximum absolute atomic E-state index is 12.3. The third kappa shape index (κ3) is 6.28. The number of benzene rings is 2. The quantitative estimate of drug-likeness (QED) is 0.421. The van der Waals surface area contributed by atoms with Crippen molar-refractivity contribution < 1.29 is 24.5 Å². The number of rotatable bonds is 8. The van der Waals surface area contributed by atoms with E-state index < -0.39 is 6.29 Å². The van der Waals surface area contributed by atoms with Crippen LogP contribution in [0.3, 0.4) is 0 Å². The molecule has 2 aliphatic heterocycles. The van der Waals surface area contributed by atoms with Gasteiger partial charge in [0.15, 0.2) is 6.29 Å². The molecule has 2 aliphatic rings. The molecule has 8 nitrogen and oxygen atoms in total. The van der Waals surface area contributed by atoms with Crippen molar-refractivity contribution in [3.63, 3.8) is 0 Å². The van der Waals surface area contributed by atoms with Crippen LogP contribution < -0.4 is 5.32 Å². The summed E-state index contributed by atoms with van der Waals surface area (Å²) in [5.41, 5.74) is 4.30. The number of hydrogen-bond donors (Lipinski definition) is 3. The van der Waals surface area contributed by atoms with Crippen molar-refractivity contribution in [1.82, 2.24) is 15.2 Å². The lowest BCUT2D eigenvalue weighted by Crippen LogP contribution is -2.44. The van der Waals surface area contributed by atoms with Crippen LogP contribution in [0.2, 0.25) is 0 Å². The predicted molar refractivity (Wildman–Crippen MR) is 142 cm³/mol. The molecule has 8 heteroatoms. The average Bonchev–Trinajstić information content (AvgIpc) is 3.38. The molecule has 1 aromatic heterocycles. The van der Waals surface area contributed by atoms with E-state index in [1.807, 2.05) is 48.5 Å². The summed E-state index contributed by atoms with van der Waals surface area (Å²) in [5.74, 6) is -0.0778. The Bertz CT molecular complexity index is 1190. The van der Waals surface area contributed by atoms with E-state index in [1.165, 1.54) is 0 Å². The Morgan fingerprint density at radius 2 is 1.79 bits per heavy atom. The Balaban J connectivity index is 1.30. The first-order chi connectivity index (χ1) is 18.5. The van der Waals surface area contributed by atoms with Gasteiger partial charge in [0.2, 0.25) is 0 Å². The number of aliphatic hydroxyl groups excluding tert-OH is 2. The van der Waals surface area contributed by atoms with Crippen LogP contribution in [-0.4, -0.2) is 57.8 Å². The molecule has 5 atom stereocenters. The fourth-order valence-corrected chi connectivity index (χ4v) is 5.13. The maximum Gasteiger partial charge on any atom is 0.253 e. The van der Waals surface area contributed by atoms with Crippen molar-refractivity contribution in [3.05, 3.63) is 101 Å². The van der Waals surface area contributed by atoms with E-state index >= 15 is 0 Å². The number of aliphatic hydroxyl groups is 2. The van der Waals surface area contributed by atoms with Crippen molar-refractivity contribution in [2.45, 2.75) is 51.1 Å². The van der Waals surface area contributed by atoms with Gasteiger partial charge in [-0.3, -0.25) is 14.7 Å². The third-order valence-corrected chi connectivity index (χ3v) is 7.44. The number of pyridine rings is 1. The minimum atomic E-state index is -0.551. The fourth-order valence-electron chi connectivity index (χ4n) is 5.13. The van der Waals surface area contributed by atoms with E-state index in [1.54, 1.807) is 24.5 Å². The second kappa shape index (κ2) is 12.1. The molecular formula is C30H35N3O5. The summed E-state index contributed by atoms with van der Waals surface area (Å²) in [7, 11) is 0. The van der Waals surface area contributed by atoms with Gasteiger partial charge < -0.3 is 25.0 Å². The second-order valence-corrected chi connectivity index (χ2v) is 10.2. The highest BCUT2D eigenvalue weighted by atomic mass is 16.7. The molecule has 0 bridgehead atoms. The Morgan fingerprint density at radius 1 is 1.05 bits per heavy atom. The summed E-state index contributed by atoms with van der Waals surface area (Å²) < 4.78 is 13.0. The van der Waals surface area contributed by atoms with Gasteiger partial charge in [-0.15, -0.1) is 0 Å². The number of β-amino-alcohol motifs (C(OH)–C–C–N with tert-alkyl or cyclic N) is 1. The number of likely N-dealkylation sites (tertiary alicyclic amines) is 1. The van der Waals surface area contributed by atoms with Gasteiger partial charge >= 0.3 is 0 Å². The van der Waals surface area contributed by atoms with Gasteiger partial charge in [-0.2, -0.15) is 0 Å². The monoisotopic (exact) mass is 517 g/mol. The van der Waals surface area contributed by atoms with Crippen LogP contribution >= 0.6 is 0 Å². The van der Waals surface area contributed by atoms with Gasteiger partial charge in [0.25, 0.3) is 5.91 Å². The van der Waals surface area contributed by atoms with Gasteiger partial charge in [0.05, 0.1) is 30.5 Å². The summed E-state index contributed by atoms with van der Waals surface area (Å²) in [5, 5.41) is 22.4. The van der Waals surface area contributed by atoms with Crippen molar-refractivity contribution in [1.29, 1.82) is 0 Å². The Morgan fingerprint density at radius 3 is 2.45 bits per heavy atom. The summed E-state index contributed by atoms with van der Waals surface area (Å²) in [6.45, 7) is 4.79. The topological polar surface area (TPSA) is 104 Å². The van der Waals surface area contributed by atoms with Gasteiger partial charge in [-0.1, -0.05) is 55.5 Å². The Hall–Kier alpha value is -3.14. The largest absolute Gasteiger partial charge is 0.392 e. The molecule has 5 rings (SSSR count). The standard InChI is InChI=1S/C30H35N3O5/c1-20-27(18-33-14-12-26(35)17-33)37-30(38-28(20)23-8-6-22(19-34)7-9-23)24-10-4-21(5-11-24)15-32-29(36)25-3-2-13-31-16-25/h2-11,13,16,20,26-28,30,34-35H,12,14-15,17-19H2,1H3,(H,32,36). The fraction of sp³-hybridized carbons (Fsp3) is 0.400. The zero-order valence-electron chi connectivity index (χ0n) is 21.6. The molecule has 2 aromatic carbocycles. The highest BCUT2D eigenvalue weighted by molar-refractivity contribution is 5.93. The van der Waals surface area contributed by atoms with E-state index in [0.717, 1.165) is 41.8 Å². The van der Waals surface area contributed by atoms with E-state index in [9.17, 15) is 15.0 Å². The molecular weight excluding hydrogens is 482 g/mol. The number of hydrogen-bond acceptors (Lipinski definition) is 7. The van der Waals surface area contributed by atoms with Gasteiger partial charge in [0, 0.05) is 50.1 Å². The number of carbonyl (C=O) groups excluding carboxylic acids is 1. The molecule has 5 unspecified atom stereocenters. The SMILES string of the molecule is CC1C(CN2CCC(O)C2)OC(c2ccc(CNC(=O)c3cccnc3)cc2)OC1c1ccc(CO)cc1. The summed E-state index contributed by atoms with van der Waals surface area (Å²) in [6, 6.07) is 19.3. The van der Waals surface area contributed by atoms with Crippen molar-refractivity contribution in [2.75, 3.05) is 19.6 Å². The third-order valence-electron chi connectivity index (χ3n) is 7.44. The summed E-state index contributed by atoms with van der Waals surface area (Å²) in [4.78, 5) is 18.6. The van der Waals surface area contributed by atoms with Gasteiger partial charge in [-0.25, -0.2) is 0 Å². The molecule has 3 N–H and O–H groups in total. The molecule has 38 heavy (non-hydrogen) atoms. The van der Waals surface area contributed by atoms with E-state index in [-0.39, 0.29) is 36.7 Å². The highest BCUT2D eigenvalue weighted by Crippen LogP contribution is 2.42. The lowest BCUT2D eigenvalue weighted by Gasteiger charge is -2.42. The van der Waals surface area contributed by atoms with Crippen molar-refractivity contribution in [3.8, 4) is 0 Å². The minimum absolute atomic E-state index is 0.00203. The molecule has 1 amide bonds. The Labute approximate surface area is 223 Å². The summed E-state index contributed by atoms with van der Waals surface area (Å²) >= 11 is 0. The first-order valence-corrected chi connectivity index (χ1v) is 13.2. The van der Waals surface area contributed by atoms with Crippen LogP contribution in [0.25, 0.3) is 0 Å². The highest BCUT2D eigenvalue weighted by Gasteiger charge is 2.39. The van der Waals surface area contributed by atoms with Crippen LogP contribution in [0, 0.1) is 5.92 Å². The molecule has 2 saturated heterocycles. The van der Waals surface area contributed by atoms with E-state index in [4.69, 9.17) is 9.47 Å². The average molecular weight is 518 g/mol. The zero-order valence-corrected chi connectivity index (χ0v) is 21.6. The van der Waals surface area contributed by atoms with Gasteiger partial charge in [-0.05, 0) is 35.2 Å². The lowest BCUT2D eigenvalue weighted by atomic mass is 9.90. The van der Waals surface area contributed by atoms with E-state index in [0.29, 0.717) is 18.7 Å². The normalized spacial score (nSPS) is 25.8. The van der Waals surface area contributed by atoms with Crippen LogP contribution in [0.15, 0.2) is 73.1 Å². The number of amides is 1. The number of aromatic nitrogens is 1. The predicted octanol–water partition coefficient (Wildman–Crippen LogP) is 3.36. The van der Waals surface area contributed by atoms with Gasteiger partial charge in [0.1, 0.15) is 0 Å². The number of ether oxygens (including phenoxy) is 2. The second-order valence-electron chi connectivity index (χ2n) is 10.2. The molecule has 200 valence electrons. The smallest absolute Gasteiger partial charge is 0.253 e. The molecule has 0 radical (unpaired) electrons. The Kier molecular flexibility index (Phi) is 8.46. The molecule has 0 aliphatic carbocycles. The molecule has 3 aromatic rings. The lowest BCUT2D eigenvalue weighted by molar-refractivity contribution is -0.276. The number of carbonyl (C=O) groups is 1. The zero-order chi connectivity index (χ0) is 26.5. The van der Waals surface area contributed by atoms with Crippen molar-refractivity contribution in [2.24, 2.45) is 5.92 Å². The molecule has 0 saturated carbocycles.